The zero-order valence-corrected chi connectivity index (χ0v) is 13.6. The molecule has 1 aliphatic rings. The highest BCUT2D eigenvalue weighted by Gasteiger charge is 2.34. The van der Waals surface area contributed by atoms with Crippen LogP contribution in [0.2, 0.25) is 5.02 Å². The lowest BCUT2D eigenvalue weighted by Gasteiger charge is -2.28. The maximum Gasteiger partial charge on any atom is 0.270 e. The lowest BCUT2D eigenvalue weighted by Crippen LogP contribution is -2.54. The van der Waals surface area contributed by atoms with Crippen molar-refractivity contribution in [3.05, 3.63) is 64.7 Å². The molecular formula is C16H9ClFN3O2S. The van der Waals surface area contributed by atoms with Crippen molar-refractivity contribution in [2.24, 2.45) is 0 Å². The number of nitrogens with zero attached hydrogens (tertiary/aromatic N) is 2. The summed E-state index contributed by atoms with van der Waals surface area (Å²) in [6.07, 6.45) is 2.42. The second kappa shape index (κ2) is 6.46. The molecule has 1 aromatic carbocycles. The lowest BCUT2D eigenvalue weighted by molar-refractivity contribution is -0.122. The number of anilines is 1. The van der Waals surface area contributed by atoms with Gasteiger partial charge in [-0.1, -0.05) is 11.6 Å². The van der Waals surface area contributed by atoms with Crippen LogP contribution in [0.1, 0.15) is 5.56 Å². The van der Waals surface area contributed by atoms with Crippen LogP contribution in [-0.2, 0) is 9.59 Å². The van der Waals surface area contributed by atoms with Crippen LogP contribution in [0.5, 0.6) is 0 Å². The van der Waals surface area contributed by atoms with Crippen molar-refractivity contribution in [2.45, 2.75) is 0 Å². The minimum Gasteiger partial charge on any atom is -0.298 e. The molecule has 0 saturated carbocycles. The summed E-state index contributed by atoms with van der Waals surface area (Å²) < 4.78 is 13.7. The number of carbonyl (C=O) groups is 2. The number of rotatable bonds is 2. The van der Waals surface area contributed by atoms with Gasteiger partial charge in [0.25, 0.3) is 11.8 Å². The average Bonchev–Trinajstić information content (AvgIpc) is 2.54. The largest absolute Gasteiger partial charge is 0.298 e. The minimum atomic E-state index is -0.781. The molecule has 2 amide bonds. The van der Waals surface area contributed by atoms with Crippen molar-refractivity contribution in [3.63, 3.8) is 0 Å². The van der Waals surface area contributed by atoms with E-state index < -0.39 is 17.8 Å². The Kier molecular flexibility index (Phi) is 4.37. The second-order valence-electron chi connectivity index (χ2n) is 4.82. The third-order valence-corrected chi connectivity index (χ3v) is 3.81. The normalized spacial score (nSPS) is 16.5. The van der Waals surface area contributed by atoms with Gasteiger partial charge in [-0.15, -0.1) is 0 Å². The molecule has 2 aromatic rings. The maximum atomic E-state index is 13.7. The Balaban J connectivity index is 2.03. The van der Waals surface area contributed by atoms with Crippen molar-refractivity contribution in [3.8, 4) is 0 Å². The standard InChI is InChI=1S/C16H9ClFN3O2S/c17-10-3-5-11(6-4-10)21-15(23)12(14(22)20-16(21)24)8-9-2-1-7-19-13(9)18/h1-8H,(H,20,22,24). The third-order valence-electron chi connectivity index (χ3n) is 3.27. The highest BCUT2D eigenvalue weighted by atomic mass is 35.5. The Morgan fingerprint density at radius 2 is 1.92 bits per heavy atom. The molecule has 1 N–H and O–H groups in total. The van der Waals surface area contributed by atoms with Gasteiger partial charge in [0.15, 0.2) is 5.11 Å². The van der Waals surface area contributed by atoms with E-state index in [1.54, 1.807) is 24.3 Å². The van der Waals surface area contributed by atoms with E-state index >= 15 is 0 Å². The SMILES string of the molecule is O=C1NC(=S)N(c2ccc(Cl)cc2)C(=O)C1=Cc1cccnc1F. The van der Waals surface area contributed by atoms with E-state index in [0.717, 1.165) is 11.0 Å². The number of hydrogen-bond acceptors (Lipinski definition) is 4. The number of amides is 2. The van der Waals surface area contributed by atoms with E-state index in [-0.39, 0.29) is 16.2 Å². The molecule has 120 valence electrons. The molecule has 1 fully saturated rings. The van der Waals surface area contributed by atoms with Crippen LogP contribution in [-0.4, -0.2) is 21.9 Å². The zero-order valence-electron chi connectivity index (χ0n) is 12.0. The molecular weight excluding hydrogens is 353 g/mol. The van der Waals surface area contributed by atoms with Crippen molar-refractivity contribution < 1.29 is 14.0 Å². The summed E-state index contributed by atoms with van der Waals surface area (Å²) in [6, 6.07) is 9.27. The number of aromatic nitrogens is 1. The van der Waals surface area contributed by atoms with E-state index in [1.165, 1.54) is 18.3 Å². The van der Waals surface area contributed by atoms with E-state index in [4.69, 9.17) is 23.8 Å². The van der Waals surface area contributed by atoms with Crippen LogP contribution in [0.4, 0.5) is 10.1 Å². The van der Waals surface area contributed by atoms with Gasteiger partial charge in [-0.3, -0.25) is 19.8 Å². The summed E-state index contributed by atoms with van der Waals surface area (Å²) in [7, 11) is 0. The molecule has 1 aromatic heterocycles. The number of nitrogens with one attached hydrogen (secondary N) is 1. The number of thiocarbonyl (C=S) groups is 1. The first-order chi connectivity index (χ1) is 11.5. The number of hydrogen-bond donors (Lipinski definition) is 1. The highest BCUT2D eigenvalue weighted by molar-refractivity contribution is 7.80. The number of carbonyl (C=O) groups excluding carboxylic acids is 2. The highest BCUT2D eigenvalue weighted by Crippen LogP contribution is 2.23. The first kappa shape index (κ1) is 16.2. The van der Waals surface area contributed by atoms with Crippen LogP contribution in [0, 0.1) is 5.95 Å². The number of halogens is 2. The van der Waals surface area contributed by atoms with Gasteiger partial charge in [0.05, 0.1) is 5.69 Å². The van der Waals surface area contributed by atoms with Gasteiger partial charge >= 0.3 is 0 Å². The van der Waals surface area contributed by atoms with Gasteiger partial charge < -0.3 is 0 Å². The van der Waals surface area contributed by atoms with E-state index in [2.05, 4.69) is 10.3 Å². The maximum absolute atomic E-state index is 13.7. The molecule has 2 heterocycles. The molecule has 0 bridgehead atoms. The minimum absolute atomic E-state index is 0.0277. The Hall–Kier alpha value is -2.64. The first-order valence-electron chi connectivity index (χ1n) is 6.75. The number of pyridine rings is 1. The fraction of sp³-hybridized carbons (Fsp3) is 0. The summed E-state index contributed by atoms with van der Waals surface area (Å²) >= 11 is 10.9. The lowest BCUT2D eigenvalue weighted by atomic mass is 10.1. The second-order valence-corrected chi connectivity index (χ2v) is 5.64. The summed E-state index contributed by atoms with van der Waals surface area (Å²) in [5.74, 6) is -2.13. The van der Waals surface area contributed by atoms with Gasteiger partial charge in [0, 0.05) is 16.8 Å². The van der Waals surface area contributed by atoms with Crippen LogP contribution in [0.15, 0.2) is 48.2 Å². The van der Waals surface area contributed by atoms with Gasteiger partial charge in [-0.05, 0) is 54.7 Å². The molecule has 0 aliphatic carbocycles. The topological polar surface area (TPSA) is 62.3 Å². The molecule has 5 nitrogen and oxygen atoms in total. The molecule has 1 aliphatic heterocycles. The van der Waals surface area contributed by atoms with Crippen molar-refractivity contribution in [2.75, 3.05) is 4.90 Å². The average molecular weight is 362 g/mol. The fourth-order valence-corrected chi connectivity index (χ4v) is 2.55. The Morgan fingerprint density at radius 3 is 2.58 bits per heavy atom. The smallest absolute Gasteiger partial charge is 0.270 e. The molecule has 0 unspecified atom stereocenters. The van der Waals surface area contributed by atoms with Crippen LogP contribution in [0.3, 0.4) is 0 Å². The molecule has 0 radical (unpaired) electrons. The molecule has 24 heavy (non-hydrogen) atoms. The molecule has 0 atom stereocenters. The summed E-state index contributed by atoms with van der Waals surface area (Å²) in [6.45, 7) is 0. The van der Waals surface area contributed by atoms with Crippen molar-refractivity contribution in [1.29, 1.82) is 0 Å². The van der Waals surface area contributed by atoms with Gasteiger partial charge in [-0.25, -0.2) is 4.98 Å². The van der Waals surface area contributed by atoms with E-state index in [9.17, 15) is 14.0 Å². The van der Waals surface area contributed by atoms with E-state index in [0.29, 0.717) is 10.7 Å². The Bertz CT molecular complexity index is 883. The van der Waals surface area contributed by atoms with E-state index in [1.807, 2.05) is 0 Å². The third kappa shape index (κ3) is 3.04. The number of benzene rings is 1. The first-order valence-corrected chi connectivity index (χ1v) is 7.53. The summed E-state index contributed by atoms with van der Waals surface area (Å²) in [4.78, 5) is 29.4. The quantitative estimate of drug-likeness (QED) is 0.386. The van der Waals surface area contributed by atoms with Crippen LogP contribution < -0.4 is 10.2 Å². The van der Waals surface area contributed by atoms with Gasteiger partial charge in [0.2, 0.25) is 5.95 Å². The Morgan fingerprint density at radius 1 is 1.21 bits per heavy atom. The van der Waals surface area contributed by atoms with Crippen LogP contribution >= 0.6 is 23.8 Å². The van der Waals surface area contributed by atoms with Gasteiger partial charge in [-0.2, -0.15) is 4.39 Å². The van der Waals surface area contributed by atoms with Crippen molar-refractivity contribution in [1.82, 2.24) is 10.3 Å². The summed E-state index contributed by atoms with van der Waals surface area (Å²) in [5, 5.41) is 2.85. The molecule has 3 rings (SSSR count). The molecule has 8 heteroatoms. The molecule has 1 saturated heterocycles. The van der Waals surface area contributed by atoms with Crippen molar-refractivity contribution >= 4 is 52.5 Å². The zero-order chi connectivity index (χ0) is 17.3. The predicted octanol–water partition coefficient (Wildman–Crippen LogP) is 2.71. The van der Waals surface area contributed by atoms with Crippen LogP contribution in [0.25, 0.3) is 6.08 Å². The fourth-order valence-electron chi connectivity index (χ4n) is 2.14. The van der Waals surface area contributed by atoms with Gasteiger partial charge in [0.1, 0.15) is 5.57 Å². The summed E-state index contributed by atoms with van der Waals surface area (Å²) in [5.41, 5.74) is 0.220. The predicted molar refractivity (Wildman–Crippen MR) is 91.9 cm³/mol. The monoisotopic (exact) mass is 361 g/mol. The molecule has 0 spiro atoms. The Labute approximate surface area is 146 Å².